The molecule has 0 radical (unpaired) electrons. The van der Waals surface area contributed by atoms with Crippen molar-refractivity contribution in [3.8, 4) is 17.2 Å². The predicted octanol–water partition coefficient (Wildman–Crippen LogP) is 6.07. The van der Waals surface area contributed by atoms with Gasteiger partial charge < -0.3 is 4.57 Å². The summed E-state index contributed by atoms with van der Waals surface area (Å²) in [6.07, 6.45) is 4.17. The van der Waals surface area contributed by atoms with E-state index in [-0.39, 0.29) is 6.04 Å². The van der Waals surface area contributed by atoms with E-state index in [1.54, 1.807) is 0 Å². The zero-order chi connectivity index (χ0) is 21.5. The molecule has 0 aliphatic heterocycles. The van der Waals surface area contributed by atoms with Crippen molar-refractivity contribution >= 4 is 11.2 Å². The smallest absolute Gasteiger partial charge is 0.161 e. The van der Waals surface area contributed by atoms with Crippen LogP contribution < -0.4 is 0 Å². The lowest BCUT2D eigenvalue weighted by molar-refractivity contribution is 0.484. The lowest BCUT2D eigenvalue weighted by Gasteiger charge is -2.29. The van der Waals surface area contributed by atoms with Gasteiger partial charge in [-0.05, 0) is 73.1 Å². The molecule has 0 bridgehead atoms. The van der Waals surface area contributed by atoms with E-state index in [2.05, 4.69) is 55.7 Å². The molecular weight excluding hydrogens is 380 g/mol. The van der Waals surface area contributed by atoms with Gasteiger partial charge >= 0.3 is 0 Å². The van der Waals surface area contributed by atoms with Crippen molar-refractivity contribution in [1.29, 1.82) is 5.26 Å². The molecule has 1 aliphatic carbocycles. The van der Waals surface area contributed by atoms with Crippen LogP contribution in [0.4, 0.5) is 0 Å². The summed E-state index contributed by atoms with van der Waals surface area (Å²) in [5.41, 5.74) is 9.83. The van der Waals surface area contributed by atoms with Crippen LogP contribution in [0.1, 0.15) is 59.6 Å². The van der Waals surface area contributed by atoms with Gasteiger partial charge in [-0.1, -0.05) is 43.3 Å². The number of rotatable bonds is 3. The monoisotopic (exact) mass is 406 g/mol. The highest BCUT2D eigenvalue weighted by Crippen LogP contribution is 2.38. The zero-order valence-electron chi connectivity index (χ0n) is 18.3. The maximum atomic E-state index is 9.52. The minimum Gasteiger partial charge on any atom is -0.305 e. The Kier molecular flexibility index (Phi) is 4.82. The molecule has 0 saturated heterocycles. The van der Waals surface area contributed by atoms with Crippen LogP contribution in [-0.4, -0.2) is 14.5 Å². The minimum atomic E-state index is 0.248. The Morgan fingerprint density at radius 1 is 1.10 bits per heavy atom. The molecular formula is C27H26N4. The molecule has 0 amide bonds. The zero-order valence-corrected chi connectivity index (χ0v) is 18.3. The molecule has 4 nitrogen and oxygen atoms in total. The number of hydrogen-bond acceptors (Lipinski definition) is 3. The van der Waals surface area contributed by atoms with Gasteiger partial charge in [0.2, 0.25) is 0 Å². The standard InChI is InChI=1S/C27H26N4/c1-4-25-30-26-17(2)14-18(3)29-27(26)31(25)24-11-7-9-19-15-20(12-13-23(19)24)22-10-6-5-8-21(22)16-28/h5-6,8,10,12-15,24H,4,7,9,11H2,1-3H3. The third-order valence-corrected chi connectivity index (χ3v) is 6.45. The summed E-state index contributed by atoms with van der Waals surface area (Å²) in [5, 5.41) is 9.52. The highest BCUT2D eigenvalue weighted by molar-refractivity contribution is 5.76. The number of pyridine rings is 1. The summed E-state index contributed by atoms with van der Waals surface area (Å²) in [6, 6.07) is 19.3. The summed E-state index contributed by atoms with van der Waals surface area (Å²) >= 11 is 0. The Balaban J connectivity index is 1.66. The van der Waals surface area contributed by atoms with E-state index in [9.17, 15) is 5.26 Å². The molecule has 1 unspecified atom stereocenters. The number of imidazole rings is 1. The number of aryl methyl sites for hydroxylation is 4. The van der Waals surface area contributed by atoms with Crippen molar-refractivity contribution in [2.24, 2.45) is 0 Å². The van der Waals surface area contributed by atoms with E-state index in [1.165, 1.54) is 16.7 Å². The fraction of sp³-hybridized carbons (Fsp3) is 0.296. The van der Waals surface area contributed by atoms with Gasteiger partial charge in [-0.15, -0.1) is 0 Å². The van der Waals surface area contributed by atoms with E-state index in [4.69, 9.17) is 9.97 Å². The first kappa shape index (κ1) is 19.5. The van der Waals surface area contributed by atoms with E-state index in [0.717, 1.165) is 65.1 Å². The third kappa shape index (κ3) is 3.21. The summed E-state index contributed by atoms with van der Waals surface area (Å²) in [6.45, 7) is 6.36. The number of hydrogen-bond donors (Lipinski definition) is 0. The largest absolute Gasteiger partial charge is 0.305 e. The highest BCUT2D eigenvalue weighted by atomic mass is 15.2. The Labute approximate surface area is 183 Å². The number of aromatic nitrogens is 3. The second-order valence-corrected chi connectivity index (χ2v) is 8.48. The van der Waals surface area contributed by atoms with Crippen LogP contribution in [0.5, 0.6) is 0 Å². The lowest BCUT2D eigenvalue weighted by Crippen LogP contribution is -2.19. The van der Waals surface area contributed by atoms with Gasteiger partial charge in [-0.2, -0.15) is 5.26 Å². The molecule has 0 N–H and O–H groups in total. The van der Waals surface area contributed by atoms with Crippen molar-refractivity contribution in [3.63, 3.8) is 0 Å². The fourth-order valence-electron chi connectivity index (χ4n) is 5.06. The quantitative estimate of drug-likeness (QED) is 0.415. The molecule has 1 atom stereocenters. The topological polar surface area (TPSA) is 54.5 Å². The van der Waals surface area contributed by atoms with Crippen LogP contribution >= 0.6 is 0 Å². The number of nitriles is 1. The maximum absolute atomic E-state index is 9.52. The highest BCUT2D eigenvalue weighted by Gasteiger charge is 2.27. The Hall–Kier alpha value is -3.45. The second-order valence-electron chi connectivity index (χ2n) is 8.48. The molecule has 2 aromatic heterocycles. The van der Waals surface area contributed by atoms with Crippen molar-refractivity contribution < 1.29 is 0 Å². The summed E-state index contributed by atoms with van der Waals surface area (Å²) in [7, 11) is 0. The average molecular weight is 407 g/mol. The molecule has 1 aliphatic rings. The van der Waals surface area contributed by atoms with Gasteiger partial charge in [0.05, 0.1) is 17.7 Å². The van der Waals surface area contributed by atoms with E-state index >= 15 is 0 Å². The van der Waals surface area contributed by atoms with Crippen LogP contribution in [-0.2, 0) is 12.8 Å². The van der Waals surface area contributed by atoms with Crippen molar-refractivity contribution in [2.75, 3.05) is 0 Å². The van der Waals surface area contributed by atoms with Crippen molar-refractivity contribution in [3.05, 3.63) is 82.3 Å². The van der Waals surface area contributed by atoms with Crippen molar-refractivity contribution in [2.45, 2.75) is 52.5 Å². The van der Waals surface area contributed by atoms with Gasteiger partial charge in [0.25, 0.3) is 0 Å². The minimum absolute atomic E-state index is 0.248. The molecule has 0 spiro atoms. The number of nitrogens with zero attached hydrogens (tertiary/aromatic N) is 4. The van der Waals surface area contributed by atoms with Gasteiger partial charge in [0.1, 0.15) is 11.3 Å². The summed E-state index contributed by atoms with van der Waals surface area (Å²) in [5.74, 6) is 1.10. The van der Waals surface area contributed by atoms with Gasteiger partial charge in [-0.3, -0.25) is 0 Å². The van der Waals surface area contributed by atoms with Gasteiger partial charge in [-0.25, -0.2) is 9.97 Å². The second kappa shape index (κ2) is 7.67. The van der Waals surface area contributed by atoms with E-state index < -0.39 is 0 Å². The molecule has 4 aromatic rings. The first-order valence-corrected chi connectivity index (χ1v) is 11.1. The lowest BCUT2D eigenvalue weighted by atomic mass is 9.85. The maximum Gasteiger partial charge on any atom is 0.161 e. The average Bonchev–Trinajstić information content (AvgIpc) is 3.17. The van der Waals surface area contributed by atoms with Crippen molar-refractivity contribution in [1.82, 2.24) is 14.5 Å². The van der Waals surface area contributed by atoms with Crippen LogP contribution in [0, 0.1) is 25.2 Å². The first-order valence-electron chi connectivity index (χ1n) is 11.1. The molecule has 2 aromatic carbocycles. The van der Waals surface area contributed by atoms with Crippen LogP contribution in [0.25, 0.3) is 22.3 Å². The molecule has 0 fully saturated rings. The SMILES string of the molecule is CCc1nc2c(C)cc(C)nc2n1C1CCCc2cc(-c3ccccc3C#N)ccc21. The molecule has 31 heavy (non-hydrogen) atoms. The molecule has 5 rings (SSSR count). The number of benzene rings is 2. The fourth-order valence-corrected chi connectivity index (χ4v) is 5.06. The van der Waals surface area contributed by atoms with Gasteiger partial charge in [0.15, 0.2) is 5.65 Å². The Morgan fingerprint density at radius 3 is 2.74 bits per heavy atom. The molecule has 0 saturated carbocycles. The third-order valence-electron chi connectivity index (χ3n) is 6.45. The van der Waals surface area contributed by atoms with Gasteiger partial charge in [0, 0.05) is 12.1 Å². The predicted molar refractivity (Wildman–Crippen MR) is 124 cm³/mol. The Bertz CT molecular complexity index is 1340. The van der Waals surface area contributed by atoms with E-state index in [0.29, 0.717) is 0 Å². The molecule has 154 valence electrons. The summed E-state index contributed by atoms with van der Waals surface area (Å²) < 4.78 is 2.39. The van der Waals surface area contributed by atoms with E-state index in [1.807, 2.05) is 24.3 Å². The normalized spacial score (nSPS) is 15.6. The number of fused-ring (bicyclic) bond motifs is 2. The van der Waals surface area contributed by atoms with Crippen LogP contribution in [0.15, 0.2) is 48.5 Å². The van der Waals surface area contributed by atoms with Crippen LogP contribution in [0.2, 0.25) is 0 Å². The molecule has 2 heterocycles. The summed E-state index contributed by atoms with van der Waals surface area (Å²) in [4.78, 5) is 9.88. The first-order chi connectivity index (χ1) is 15.1. The molecule has 4 heteroatoms. The van der Waals surface area contributed by atoms with Crippen LogP contribution in [0.3, 0.4) is 0 Å². The Morgan fingerprint density at radius 2 is 1.94 bits per heavy atom.